The SMILES string of the molecule is O=C(Nc1ccc(C(=O)N2CCC(C(=O)O)CC2)cc1)c1cccs1. The van der Waals surface area contributed by atoms with Gasteiger partial charge in [-0.05, 0) is 48.6 Å². The Bertz CT molecular complexity index is 763. The maximum absolute atomic E-state index is 12.5. The average molecular weight is 358 g/mol. The lowest BCUT2D eigenvalue weighted by Gasteiger charge is -2.30. The molecule has 1 aromatic carbocycles. The van der Waals surface area contributed by atoms with Crippen molar-refractivity contribution in [3.05, 3.63) is 52.2 Å². The molecule has 1 fully saturated rings. The Hall–Kier alpha value is -2.67. The molecular formula is C18H18N2O4S. The standard InChI is InChI=1S/C18H18N2O4S/c21-16(15-2-1-11-25-15)19-14-5-3-12(4-6-14)17(22)20-9-7-13(8-10-20)18(23)24/h1-6,11,13H,7-10H2,(H,19,21)(H,23,24). The van der Waals surface area contributed by atoms with Gasteiger partial charge in [-0.1, -0.05) is 6.07 Å². The van der Waals surface area contributed by atoms with E-state index in [4.69, 9.17) is 5.11 Å². The van der Waals surface area contributed by atoms with Crippen LogP contribution >= 0.6 is 11.3 Å². The summed E-state index contributed by atoms with van der Waals surface area (Å²) in [6.07, 6.45) is 0.964. The minimum atomic E-state index is -0.794. The summed E-state index contributed by atoms with van der Waals surface area (Å²) in [5, 5.41) is 13.6. The molecule has 2 N–H and O–H groups in total. The molecule has 0 spiro atoms. The van der Waals surface area contributed by atoms with Crippen LogP contribution in [-0.2, 0) is 4.79 Å². The maximum atomic E-state index is 12.5. The molecule has 1 aliphatic rings. The number of carbonyl (C=O) groups is 3. The Morgan fingerprint density at radius 1 is 1.08 bits per heavy atom. The molecule has 1 aromatic heterocycles. The molecule has 1 saturated heterocycles. The summed E-state index contributed by atoms with van der Waals surface area (Å²) in [5.74, 6) is -1.44. The number of anilines is 1. The predicted molar refractivity (Wildman–Crippen MR) is 95.0 cm³/mol. The molecule has 3 rings (SSSR count). The van der Waals surface area contributed by atoms with E-state index < -0.39 is 5.97 Å². The Morgan fingerprint density at radius 2 is 1.76 bits per heavy atom. The highest BCUT2D eigenvalue weighted by molar-refractivity contribution is 7.12. The van der Waals surface area contributed by atoms with Crippen LogP contribution in [-0.4, -0.2) is 40.9 Å². The lowest BCUT2D eigenvalue weighted by atomic mass is 9.96. The van der Waals surface area contributed by atoms with Gasteiger partial charge in [0.15, 0.2) is 0 Å². The van der Waals surface area contributed by atoms with Crippen molar-refractivity contribution in [2.45, 2.75) is 12.8 Å². The molecule has 6 nitrogen and oxygen atoms in total. The summed E-state index contributed by atoms with van der Waals surface area (Å²) in [4.78, 5) is 37.8. The summed E-state index contributed by atoms with van der Waals surface area (Å²) in [6, 6.07) is 10.3. The number of thiophene rings is 1. The highest BCUT2D eigenvalue weighted by atomic mass is 32.1. The fourth-order valence-electron chi connectivity index (χ4n) is 2.81. The second kappa shape index (κ2) is 7.48. The molecule has 130 valence electrons. The second-order valence-corrected chi connectivity index (χ2v) is 6.86. The van der Waals surface area contributed by atoms with Gasteiger partial charge >= 0.3 is 5.97 Å². The van der Waals surface area contributed by atoms with Crippen molar-refractivity contribution in [2.24, 2.45) is 5.92 Å². The largest absolute Gasteiger partial charge is 0.481 e. The first-order valence-electron chi connectivity index (χ1n) is 8.01. The molecule has 2 amide bonds. The van der Waals surface area contributed by atoms with Crippen LogP contribution < -0.4 is 5.32 Å². The Labute approximate surface area is 149 Å². The number of carboxylic acid groups (broad SMARTS) is 1. The molecule has 2 heterocycles. The first-order valence-corrected chi connectivity index (χ1v) is 8.89. The van der Waals surface area contributed by atoms with Crippen molar-refractivity contribution >= 4 is 34.8 Å². The molecular weight excluding hydrogens is 340 g/mol. The third-order valence-corrected chi connectivity index (χ3v) is 5.13. The highest BCUT2D eigenvalue weighted by Gasteiger charge is 2.27. The zero-order chi connectivity index (χ0) is 17.8. The fraction of sp³-hybridized carbons (Fsp3) is 0.278. The van der Waals surface area contributed by atoms with E-state index in [-0.39, 0.29) is 17.7 Å². The number of hydrogen-bond acceptors (Lipinski definition) is 4. The summed E-state index contributed by atoms with van der Waals surface area (Å²) < 4.78 is 0. The average Bonchev–Trinajstić information content (AvgIpc) is 3.17. The van der Waals surface area contributed by atoms with Crippen LogP contribution in [0, 0.1) is 5.92 Å². The third-order valence-electron chi connectivity index (χ3n) is 4.27. The molecule has 0 bridgehead atoms. The monoisotopic (exact) mass is 358 g/mol. The van der Waals surface area contributed by atoms with Gasteiger partial charge in [-0.2, -0.15) is 0 Å². The van der Waals surface area contributed by atoms with E-state index >= 15 is 0 Å². The number of aliphatic carboxylic acids is 1. The molecule has 2 aromatic rings. The Balaban J connectivity index is 1.59. The summed E-state index contributed by atoms with van der Waals surface area (Å²) in [7, 11) is 0. The number of nitrogens with zero attached hydrogens (tertiary/aromatic N) is 1. The molecule has 25 heavy (non-hydrogen) atoms. The van der Waals surface area contributed by atoms with Crippen LogP contribution in [0.1, 0.15) is 32.9 Å². The summed E-state index contributed by atoms with van der Waals surface area (Å²) in [5.41, 5.74) is 1.16. The summed E-state index contributed by atoms with van der Waals surface area (Å²) in [6.45, 7) is 0.902. The molecule has 0 radical (unpaired) electrons. The number of hydrogen-bond donors (Lipinski definition) is 2. The lowest BCUT2D eigenvalue weighted by molar-refractivity contribution is -0.143. The van der Waals surface area contributed by atoms with Gasteiger partial charge in [0.05, 0.1) is 10.8 Å². The van der Waals surface area contributed by atoms with Crippen molar-refractivity contribution in [3.63, 3.8) is 0 Å². The number of likely N-dealkylation sites (tertiary alicyclic amines) is 1. The predicted octanol–water partition coefficient (Wildman–Crippen LogP) is 2.94. The van der Waals surface area contributed by atoms with Gasteiger partial charge in [0.25, 0.3) is 11.8 Å². The topological polar surface area (TPSA) is 86.7 Å². The van der Waals surface area contributed by atoms with E-state index in [9.17, 15) is 14.4 Å². The van der Waals surface area contributed by atoms with Gasteiger partial charge in [-0.3, -0.25) is 14.4 Å². The van der Waals surface area contributed by atoms with E-state index in [0.29, 0.717) is 42.1 Å². The van der Waals surface area contributed by atoms with Gasteiger partial charge in [0.2, 0.25) is 0 Å². The zero-order valence-electron chi connectivity index (χ0n) is 13.5. The van der Waals surface area contributed by atoms with Crippen LogP contribution in [0.15, 0.2) is 41.8 Å². The van der Waals surface area contributed by atoms with Crippen molar-refractivity contribution < 1.29 is 19.5 Å². The van der Waals surface area contributed by atoms with Gasteiger partial charge in [-0.15, -0.1) is 11.3 Å². The van der Waals surface area contributed by atoms with Crippen LogP contribution in [0.3, 0.4) is 0 Å². The molecule has 0 saturated carbocycles. The third kappa shape index (κ3) is 4.06. The van der Waals surface area contributed by atoms with E-state index in [0.717, 1.165) is 0 Å². The smallest absolute Gasteiger partial charge is 0.306 e. The second-order valence-electron chi connectivity index (χ2n) is 5.91. The lowest BCUT2D eigenvalue weighted by Crippen LogP contribution is -2.40. The van der Waals surface area contributed by atoms with Crippen LogP contribution in [0.2, 0.25) is 0 Å². The molecule has 0 aliphatic carbocycles. The van der Waals surface area contributed by atoms with Crippen molar-refractivity contribution in [1.29, 1.82) is 0 Å². The highest BCUT2D eigenvalue weighted by Crippen LogP contribution is 2.20. The molecule has 1 aliphatic heterocycles. The van der Waals surface area contributed by atoms with Crippen LogP contribution in [0.5, 0.6) is 0 Å². The quantitative estimate of drug-likeness (QED) is 0.880. The number of carboxylic acids is 1. The van der Waals surface area contributed by atoms with Gasteiger partial charge in [0, 0.05) is 24.3 Å². The van der Waals surface area contributed by atoms with E-state index in [1.54, 1.807) is 35.2 Å². The number of piperidine rings is 1. The normalized spacial score (nSPS) is 15.0. The first-order chi connectivity index (χ1) is 12.0. The van der Waals surface area contributed by atoms with Gasteiger partial charge in [0.1, 0.15) is 0 Å². The minimum Gasteiger partial charge on any atom is -0.481 e. The van der Waals surface area contributed by atoms with Gasteiger partial charge < -0.3 is 15.3 Å². The zero-order valence-corrected chi connectivity index (χ0v) is 14.3. The number of carbonyl (C=O) groups excluding carboxylic acids is 2. The molecule has 0 unspecified atom stereocenters. The number of nitrogens with one attached hydrogen (secondary N) is 1. The van der Waals surface area contributed by atoms with Crippen molar-refractivity contribution in [1.82, 2.24) is 4.90 Å². The van der Waals surface area contributed by atoms with E-state index in [1.807, 2.05) is 11.4 Å². The van der Waals surface area contributed by atoms with Crippen LogP contribution in [0.4, 0.5) is 5.69 Å². The number of benzene rings is 1. The maximum Gasteiger partial charge on any atom is 0.306 e. The molecule has 7 heteroatoms. The first kappa shape index (κ1) is 17.2. The summed E-state index contributed by atoms with van der Waals surface area (Å²) >= 11 is 1.36. The fourth-order valence-corrected chi connectivity index (χ4v) is 3.43. The molecule has 0 atom stereocenters. The van der Waals surface area contributed by atoms with Crippen molar-refractivity contribution in [2.75, 3.05) is 18.4 Å². The Morgan fingerprint density at radius 3 is 2.32 bits per heavy atom. The van der Waals surface area contributed by atoms with E-state index in [2.05, 4.69) is 5.32 Å². The van der Waals surface area contributed by atoms with Crippen LogP contribution in [0.25, 0.3) is 0 Å². The van der Waals surface area contributed by atoms with E-state index in [1.165, 1.54) is 11.3 Å². The van der Waals surface area contributed by atoms with Gasteiger partial charge in [-0.25, -0.2) is 0 Å². The number of rotatable bonds is 4. The number of amides is 2. The minimum absolute atomic E-state index is 0.111. The Kier molecular flexibility index (Phi) is 5.14. The van der Waals surface area contributed by atoms with Crippen molar-refractivity contribution in [3.8, 4) is 0 Å².